The second-order valence-corrected chi connectivity index (χ2v) is 17.3. The summed E-state index contributed by atoms with van der Waals surface area (Å²) >= 11 is 0. The van der Waals surface area contributed by atoms with Gasteiger partial charge in [0, 0.05) is 0 Å². The number of unbranched alkanes of at least 4 members (excludes halogenated alkanes) is 16. The Morgan fingerprint density at radius 1 is 0.467 bits per heavy atom. The predicted molar refractivity (Wildman–Crippen MR) is 260 cm³/mol. The average Bonchev–Trinajstić information content (AvgIpc) is 3.21. The fraction of sp³-hybridized carbons (Fsp3) is 0.538. The van der Waals surface area contributed by atoms with Crippen LogP contribution in [0.1, 0.15) is 129 Å². The molecule has 0 rings (SSSR count). The largest absolute Gasteiger partial charge is 0.497 e. The van der Waals surface area contributed by atoms with Crippen molar-refractivity contribution in [2.45, 2.75) is 136 Å². The van der Waals surface area contributed by atoms with E-state index in [1.807, 2.05) is 106 Å². The molecule has 0 saturated carbocycles. The molecule has 60 heavy (non-hydrogen) atoms. The maximum atomic E-state index is 12.5. The van der Waals surface area contributed by atoms with Crippen LogP contribution in [0.3, 0.4) is 0 Å². The summed E-state index contributed by atoms with van der Waals surface area (Å²) in [6, 6.07) is 0. The number of phosphoric acid groups is 1. The molecule has 0 radical (unpaired) electrons. The number of allylic oxidation sites excluding steroid dienone is 22. The Hall–Kier alpha value is -3.45. The molecule has 0 aliphatic carbocycles. The molecule has 8 heteroatoms. The molecule has 0 heterocycles. The quantitative estimate of drug-likeness (QED) is 0.0218. The number of quaternary nitrogens is 1. The van der Waals surface area contributed by atoms with Crippen molar-refractivity contribution in [3.05, 3.63) is 146 Å². The first kappa shape index (κ1) is 56.5. The van der Waals surface area contributed by atoms with Crippen molar-refractivity contribution in [3.8, 4) is 0 Å². The molecule has 338 valence electrons. The van der Waals surface area contributed by atoms with Gasteiger partial charge >= 0.3 is 7.82 Å². The molecule has 0 amide bonds. The number of hydrogen-bond acceptors (Lipinski definition) is 5. The van der Waals surface area contributed by atoms with Crippen molar-refractivity contribution in [2.75, 3.05) is 47.5 Å². The van der Waals surface area contributed by atoms with Gasteiger partial charge in [0.1, 0.15) is 19.8 Å². The first-order valence-electron chi connectivity index (χ1n) is 22.9. The van der Waals surface area contributed by atoms with Crippen LogP contribution in [0, 0.1) is 0 Å². The molecular formula is C52H85NO6P+. The Morgan fingerprint density at radius 3 is 1.25 bits per heavy atom. The highest BCUT2D eigenvalue weighted by Gasteiger charge is 2.25. The van der Waals surface area contributed by atoms with Crippen molar-refractivity contribution >= 4 is 7.82 Å². The normalized spacial score (nSPS) is 15.1. The van der Waals surface area contributed by atoms with E-state index in [1.54, 1.807) is 18.4 Å². The van der Waals surface area contributed by atoms with E-state index in [2.05, 4.69) is 50.3 Å². The Kier molecular flexibility index (Phi) is 41.1. The highest BCUT2D eigenvalue weighted by atomic mass is 31.2. The van der Waals surface area contributed by atoms with E-state index in [-0.39, 0.29) is 19.8 Å². The molecule has 1 N–H and O–H groups in total. The van der Waals surface area contributed by atoms with Crippen molar-refractivity contribution in [1.29, 1.82) is 0 Å². The summed E-state index contributed by atoms with van der Waals surface area (Å²) < 4.78 is 34.8. The van der Waals surface area contributed by atoms with Gasteiger partial charge in [-0.15, -0.1) is 0 Å². The van der Waals surface area contributed by atoms with E-state index < -0.39 is 13.9 Å². The van der Waals surface area contributed by atoms with Gasteiger partial charge in [-0.1, -0.05) is 225 Å². The van der Waals surface area contributed by atoms with Crippen LogP contribution in [-0.4, -0.2) is 63.0 Å². The van der Waals surface area contributed by atoms with Gasteiger partial charge in [-0.05, 0) is 37.8 Å². The van der Waals surface area contributed by atoms with Crippen LogP contribution in [-0.2, 0) is 23.1 Å². The second kappa shape index (κ2) is 43.6. The molecule has 1 unspecified atom stereocenters. The van der Waals surface area contributed by atoms with Gasteiger partial charge in [-0.25, -0.2) is 4.57 Å². The summed E-state index contributed by atoms with van der Waals surface area (Å²) in [5, 5.41) is 0. The number of rotatable bonds is 40. The van der Waals surface area contributed by atoms with Crippen molar-refractivity contribution in [1.82, 2.24) is 0 Å². The molecule has 0 saturated heterocycles. The van der Waals surface area contributed by atoms with E-state index in [1.165, 1.54) is 109 Å². The lowest BCUT2D eigenvalue weighted by atomic mass is 10.1. The van der Waals surface area contributed by atoms with E-state index in [0.29, 0.717) is 11.0 Å². The van der Waals surface area contributed by atoms with Crippen LogP contribution in [0.5, 0.6) is 0 Å². The lowest BCUT2D eigenvalue weighted by Gasteiger charge is -2.24. The van der Waals surface area contributed by atoms with E-state index in [0.717, 1.165) is 12.8 Å². The average molecular weight is 851 g/mol. The molecule has 7 nitrogen and oxygen atoms in total. The van der Waals surface area contributed by atoms with Gasteiger partial charge in [0.25, 0.3) is 0 Å². The molecule has 0 aliphatic rings. The van der Waals surface area contributed by atoms with Crippen LogP contribution in [0.15, 0.2) is 146 Å². The predicted octanol–water partition coefficient (Wildman–Crippen LogP) is 14.9. The Morgan fingerprint density at radius 2 is 0.833 bits per heavy atom. The minimum Gasteiger partial charge on any atom is -0.497 e. The highest BCUT2D eigenvalue weighted by molar-refractivity contribution is 7.47. The van der Waals surface area contributed by atoms with Crippen molar-refractivity contribution in [3.63, 3.8) is 0 Å². The summed E-state index contributed by atoms with van der Waals surface area (Å²) in [5.41, 5.74) is 0. The number of likely N-dealkylation sites (N-methyl/N-ethyl adjacent to an activating group) is 1. The lowest BCUT2D eigenvalue weighted by molar-refractivity contribution is -0.870. The zero-order valence-electron chi connectivity index (χ0n) is 38.4. The van der Waals surface area contributed by atoms with Crippen LogP contribution in [0.2, 0.25) is 0 Å². The molecule has 2 atom stereocenters. The molecule has 0 aromatic rings. The zero-order chi connectivity index (χ0) is 43.9. The van der Waals surface area contributed by atoms with Crippen LogP contribution >= 0.6 is 7.82 Å². The maximum absolute atomic E-state index is 12.5. The van der Waals surface area contributed by atoms with Gasteiger partial charge in [-0.2, -0.15) is 0 Å². The van der Waals surface area contributed by atoms with Gasteiger partial charge in [0.2, 0.25) is 0 Å². The van der Waals surface area contributed by atoms with Crippen LogP contribution in [0.4, 0.5) is 0 Å². The third-order valence-corrected chi connectivity index (χ3v) is 9.95. The van der Waals surface area contributed by atoms with Gasteiger partial charge in [-0.3, -0.25) is 9.05 Å². The van der Waals surface area contributed by atoms with E-state index in [9.17, 15) is 9.46 Å². The summed E-state index contributed by atoms with van der Waals surface area (Å²) in [6.45, 7) is 5.08. The Balaban J connectivity index is 4.64. The first-order valence-corrected chi connectivity index (χ1v) is 24.4. The minimum absolute atomic E-state index is 0.0895. The van der Waals surface area contributed by atoms with E-state index in [4.69, 9.17) is 18.5 Å². The van der Waals surface area contributed by atoms with Gasteiger partial charge in [0.15, 0.2) is 6.10 Å². The molecule has 0 aliphatic heterocycles. The summed E-state index contributed by atoms with van der Waals surface area (Å²) in [6.07, 6.45) is 69.9. The Bertz CT molecular complexity index is 1390. The molecule has 0 aromatic carbocycles. The fourth-order valence-electron chi connectivity index (χ4n) is 5.41. The molecule has 0 spiro atoms. The highest BCUT2D eigenvalue weighted by Crippen LogP contribution is 2.43. The van der Waals surface area contributed by atoms with E-state index >= 15 is 0 Å². The molecule has 0 fully saturated rings. The maximum Gasteiger partial charge on any atom is 0.472 e. The summed E-state index contributed by atoms with van der Waals surface area (Å²) in [4.78, 5) is 10.2. The van der Waals surface area contributed by atoms with Crippen LogP contribution < -0.4 is 0 Å². The first-order chi connectivity index (χ1) is 29.2. The SMILES string of the molecule is CCCCCCCCCCC=CC=CC=CC=CC=CC=COC[C@H](COP(=O)(O)OCC[N+](C)(C)C)OC=CC=CC=CC=CC=CC=CCCCCCCCCCC. The topological polar surface area (TPSA) is 74.2 Å². The number of phosphoric ester groups is 1. The fourth-order valence-corrected chi connectivity index (χ4v) is 6.15. The van der Waals surface area contributed by atoms with Crippen molar-refractivity contribution in [2.24, 2.45) is 0 Å². The zero-order valence-corrected chi connectivity index (χ0v) is 39.3. The van der Waals surface area contributed by atoms with Gasteiger partial charge in [0.05, 0.1) is 40.3 Å². The number of nitrogens with zero attached hydrogens (tertiary/aromatic N) is 1. The van der Waals surface area contributed by atoms with Crippen LogP contribution in [0.25, 0.3) is 0 Å². The van der Waals surface area contributed by atoms with Crippen molar-refractivity contribution < 1.29 is 32.5 Å². The smallest absolute Gasteiger partial charge is 0.472 e. The Labute approximate surface area is 368 Å². The lowest BCUT2D eigenvalue weighted by Crippen LogP contribution is -2.37. The monoisotopic (exact) mass is 851 g/mol. The standard InChI is InChI=1S/C52H84NO6P/c1-6-8-10-12-14-16-18-20-22-24-26-28-30-32-34-36-38-40-42-44-47-56-50-52(51-59-60(54,55)58-49-46-53(3,4)5)57-48-45-43-41-39-37-35-33-31-29-27-25-23-21-19-17-15-13-11-9-7-2/h24-45,47-48,52H,6-23,46,49-51H2,1-5H3/p+1/t52-/m1/s1. The summed E-state index contributed by atoms with van der Waals surface area (Å²) in [5.74, 6) is 0. The molecule has 0 aromatic heterocycles. The third-order valence-electron chi connectivity index (χ3n) is 8.97. The number of ether oxygens (including phenoxy) is 2. The van der Waals surface area contributed by atoms with Gasteiger partial charge < -0.3 is 18.9 Å². The number of hydrogen-bond donors (Lipinski definition) is 1. The summed E-state index contributed by atoms with van der Waals surface area (Å²) in [7, 11) is 1.68. The molecule has 0 bridgehead atoms. The molecular weight excluding hydrogens is 766 g/mol. The second-order valence-electron chi connectivity index (χ2n) is 15.8. The third kappa shape index (κ3) is 47.2. The minimum atomic E-state index is -4.25.